The number of H-pyrrole nitrogens is 1. The summed E-state index contributed by atoms with van der Waals surface area (Å²) in [6.45, 7) is 0.936. The van der Waals surface area contributed by atoms with Gasteiger partial charge in [-0.3, -0.25) is 9.78 Å². The summed E-state index contributed by atoms with van der Waals surface area (Å²) in [5.74, 6) is 0.438. The topological polar surface area (TPSA) is 128 Å². The number of nitrogens with two attached hydrogens (primary N) is 1. The van der Waals surface area contributed by atoms with Crippen molar-refractivity contribution in [3.05, 3.63) is 10.4 Å². The van der Waals surface area contributed by atoms with Gasteiger partial charge in [0.25, 0.3) is 5.56 Å². The first-order valence-electron chi connectivity index (χ1n) is 5.76. The molecule has 0 aromatic carbocycles. The Balaban J connectivity index is 2.09. The average molecular weight is 255 g/mol. The monoisotopic (exact) mass is 255 g/mol. The van der Waals surface area contributed by atoms with Gasteiger partial charge in [-0.15, -0.1) is 0 Å². The SMILES string of the molecule is Nc1nc2c(c(=O)[nH]1)NCN2CCC(CO)CO. The Kier molecular flexibility index (Phi) is 3.68. The molecule has 0 saturated heterocycles. The Labute approximate surface area is 103 Å². The third-order valence-electron chi connectivity index (χ3n) is 2.99. The zero-order valence-electron chi connectivity index (χ0n) is 9.89. The second kappa shape index (κ2) is 5.23. The van der Waals surface area contributed by atoms with E-state index in [-0.39, 0.29) is 30.6 Å². The lowest BCUT2D eigenvalue weighted by molar-refractivity contribution is 0.145. The van der Waals surface area contributed by atoms with Crippen molar-refractivity contribution in [2.45, 2.75) is 6.42 Å². The Bertz CT molecular complexity index is 471. The molecule has 0 saturated carbocycles. The lowest BCUT2D eigenvalue weighted by Gasteiger charge is -2.19. The maximum Gasteiger partial charge on any atom is 0.277 e. The van der Waals surface area contributed by atoms with E-state index in [4.69, 9.17) is 15.9 Å². The molecule has 2 heterocycles. The van der Waals surface area contributed by atoms with E-state index in [2.05, 4.69) is 15.3 Å². The highest BCUT2D eigenvalue weighted by atomic mass is 16.3. The van der Waals surface area contributed by atoms with Crippen LogP contribution in [0.3, 0.4) is 0 Å². The first-order chi connectivity index (χ1) is 8.65. The van der Waals surface area contributed by atoms with E-state index in [1.807, 2.05) is 4.90 Å². The van der Waals surface area contributed by atoms with Crippen LogP contribution in [0.4, 0.5) is 17.5 Å². The number of rotatable bonds is 5. The molecule has 2 rings (SSSR count). The third-order valence-corrected chi connectivity index (χ3v) is 2.99. The van der Waals surface area contributed by atoms with E-state index in [0.717, 1.165) is 0 Å². The van der Waals surface area contributed by atoms with E-state index in [1.54, 1.807) is 0 Å². The van der Waals surface area contributed by atoms with Crippen LogP contribution in [0.15, 0.2) is 4.79 Å². The molecule has 0 aliphatic carbocycles. The molecule has 0 bridgehead atoms. The standard InChI is InChI=1S/C10H17N5O3/c11-10-13-8-7(9(18)14-10)12-5-15(8)2-1-6(3-16)4-17/h6,12,16-17H,1-5H2,(H3,11,13,14,18). The van der Waals surface area contributed by atoms with Gasteiger partial charge in [0.15, 0.2) is 5.82 Å². The van der Waals surface area contributed by atoms with Crippen LogP contribution in [0, 0.1) is 5.92 Å². The van der Waals surface area contributed by atoms with Crippen LogP contribution in [0.2, 0.25) is 0 Å². The van der Waals surface area contributed by atoms with Crippen molar-refractivity contribution in [1.82, 2.24) is 9.97 Å². The van der Waals surface area contributed by atoms with E-state index in [1.165, 1.54) is 0 Å². The Morgan fingerprint density at radius 1 is 1.44 bits per heavy atom. The number of fused-ring (bicyclic) bond motifs is 1. The number of anilines is 3. The van der Waals surface area contributed by atoms with E-state index >= 15 is 0 Å². The van der Waals surface area contributed by atoms with Crippen molar-refractivity contribution in [1.29, 1.82) is 0 Å². The highest BCUT2D eigenvalue weighted by Gasteiger charge is 2.24. The van der Waals surface area contributed by atoms with Gasteiger partial charge in [0.2, 0.25) is 5.95 Å². The van der Waals surface area contributed by atoms with Gasteiger partial charge in [-0.25, -0.2) is 0 Å². The summed E-state index contributed by atoms with van der Waals surface area (Å²) < 4.78 is 0. The fraction of sp³-hybridized carbons (Fsp3) is 0.600. The Hall–Kier alpha value is -1.80. The lowest BCUT2D eigenvalue weighted by Crippen LogP contribution is -2.28. The van der Waals surface area contributed by atoms with Crippen LogP contribution >= 0.6 is 0 Å². The summed E-state index contributed by atoms with van der Waals surface area (Å²) in [6.07, 6.45) is 0.614. The highest BCUT2D eigenvalue weighted by molar-refractivity contribution is 5.70. The summed E-state index contributed by atoms with van der Waals surface area (Å²) in [7, 11) is 0. The number of nitrogens with zero attached hydrogens (tertiary/aromatic N) is 2. The Morgan fingerprint density at radius 3 is 2.83 bits per heavy atom. The predicted octanol–water partition coefficient (Wildman–Crippen LogP) is -1.47. The second-order valence-electron chi connectivity index (χ2n) is 4.27. The number of nitrogens with one attached hydrogen (secondary N) is 2. The molecule has 6 N–H and O–H groups in total. The van der Waals surface area contributed by atoms with Gasteiger partial charge >= 0.3 is 0 Å². The van der Waals surface area contributed by atoms with Crippen molar-refractivity contribution in [2.24, 2.45) is 5.92 Å². The minimum absolute atomic E-state index is 0.0600. The predicted molar refractivity (Wildman–Crippen MR) is 67.4 cm³/mol. The van der Waals surface area contributed by atoms with Gasteiger partial charge in [-0.2, -0.15) is 4.98 Å². The number of aliphatic hydroxyl groups excluding tert-OH is 2. The van der Waals surface area contributed by atoms with Crippen LogP contribution < -0.4 is 21.5 Å². The molecule has 0 amide bonds. The smallest absolute Gasteiger partial charge is 0.277 e. The molecule has 0 spiro atoms. The van der Waals surface area contributed by atoms with E-state index < -0.39 is 0 Å². The largest absolute Gasteiger partial charge is 0.396 e. The lowest BCUT2D eigenvalue weighted by atomic mass is 10.1. The van der Waals surface area contributed by atoms with Crippen LogP contribution in [0.1, 0.15) is 6.42 Å². The minimum Gasteiger partial charge on any atom is -0.396 e. The molecular weight excluding hydrogens is 238 g/mol. The summed E-state index contributed by atoms with van der Waals surface area (Å²) in [4.78, 5) is 20.0. The molecular formula is C10H17N5O3. The normalized spacial score (nSPS) is 13.8. The quantitative estimate of drug-likeness (QED) is 0.434. The maximum absolute atomic E-state index is 11.6. The fourth-order valence-corrected chi connectivity index (χ4v) is 1.88. The maximum atomic E-state index is 11.6. The highest BCUT2D eigenvalue weighted by Crippen LogP contribution is 2.25. The van der Waals surface area contributed by atoms with Crippen molar-refractivity contribution in [3.8, 4) is 0 Å². The average Bonchev–Trinajstić information content (AvgIpc) is 2.74. The minimum atomic E-state index is -0.291. The van der Waals surface area contributed by atoms with E-state index in [0.29, 0.717) is 31.1 Å². The summed E-state index contributed by atoms with van der Waals surface area (Å²) in [6, 6.07) is 0. The van der Waals surface area contributed by atoms with Crippen molar-refractivity contribution < 1.29 is 10.2 Å². The number of aromatic amines is 1. The van der Waals surface area contributed by atoms with Crippen LogP contribution in [-0.4, -0.2) is 46.6 Å². The molecule has 0 atom stereocenters. The number of hydrogen-bond donors (Lipinski definition) is 5. The molecule has 18 heavy (non-hydrogen) atoms. The van der Waals surface area contributed by atoms with Crippen LogP contribution in [0.5, 0.6) is 0 Å². The van der Waals surface area contributed by atoms with E-state index in [9.17, 15) is 4.79 Å². The van der Waals surface area contributed by atoms with Gasteiger partial charge in [0.05, 0.1) is 6.67 Å². The summed E-state index contributed by atoms with van der Waals surface area (Å²) >= 11 is 0. The Morgan fingerprint density at radius 2 is 2.17 bits per heavy atom. The molecule has 0 fully saturated rings. The molecule has 8 heteroatoms. The molecule has 1 aliphatic rings. The van der Waals surface area contributed by atoms with Gasteiger partial charge in [0, 0.05) is 25.7 Å². The number of hydrogen-bond acceptors (Lipinski definition) is 7. The second-order valence-corrected chi connectivity index (χ2v) is 4.27. The van der Waals surface area contributed by atoms with Crippen molar-refractivity contribution in [2.75, 3.05) is 42.4 Å². The fourth-order valence-electron chi connectivity index (χ4n) is 1.88. The number of nitrogen functional groups attached to an aromatic ring is 1. The molecule has 1 aliphatic heterocycles. The number of aromatic nitrogens is 2. The van der Waals surface area contributed by atoms with Crippen LogP contribution in [-0.2, 0) is 0 Å². The molecule has 8 nitrogen and oxygen atoms in total. The van der Waals surface area contributed by atoms with Crippen molar-refractivity contribution in [3.63, 3.8) is 0 Å². The number of aliphatic hydroxyl groups is 2. The molecule has 0 radical (unpaired) electrons. The summed E-state index contributed by atoms with van der Waals surface area (Å²) in [5.41, 5.74) is 5.62. The first kappa shape index (κ1) is 12.7. The molecule has 1 aromatic heterocycles. The van der Waals surface area contributed by atoms with Gasteiger partial charge in [-0.05, 0) is 6.42 Å². The molecule has 1 aromatic rings. The third kappa shape index (κ3) is 2.39. The zero-order chi connectivity index (χ0) is 13.1. The molecule has 100 valence electrons. The zero-order valence-corrected chi connectivity index (χ0v) is 9.89. The van der Waals surface area contributed by atoms with Gasteiger partial charge in [-0.1, -0.05) is 0 Å². The first-order valence-corrected chi connectivity index (χ1v) is 5.76. The van der Waals surface area contributed by atoms with Crippen molar-refractivity contribution >= 4 is 17.5 Å². The molecule has 0 unspecified atom stereocenters. The van der Waals surface area contributed by atoms with Gasteiger partial charge < -0.3 is 26.2 Å². The van der Waals surface area contributed by atoms with Gasteiger partial charge in [0.1, 0.15) is 5.69 Å². The van der Waals surface area contributed by atoms with Crippen LogP contribution in [0.25, 0.3) is 0 Å². The summed E-state index contributed by atoms with van der Waals surface area (Å²) in [5, 5.41) is 20.9.